The molecule has 1 rings (SSSR count). The van der Waals surface area contributed by atoms with Crippen LogP contribution in [0, 0.1) is 5.92 Å². The van der Waals surface area contributed by atoms with Crippen molar-refractivity contribution in [3.8, 4) is 0 Å². The maximum atomic E-state index is 11.8. The number of hydrogen-bond donors (Lipinski definition) is 1. The molecular weight excluding hydrogens is 199 g/mol. The Labute approximate surface area is 80.5 Å². The van der Waals surface area contributed by atoms with Crippen molar-refractivity contribution >= 4 is 11.8 Å². The molecule has 1 unspecified atom stereocenters. The summed E-state index contributed by atoms with van der Waals surface area (Å²) in [6.45, 7) is 1.90. The largest absolute Gasteiger partial charge is 0.441 e. The van der Waals surface area contributed by atoms with Gasteiger partial charge in [0.15, 0.2) is 0 Å². The molecule has 1 nitrogen and oxygen atoms in total. The molecule has 0 bridgehead atoms. The van der Waals surface area contributed by atoms with Crippen molar-refractivity contribution in [1.82, 2.24) is 5.32 Å². The van der Waals surface area contributed by atoms with Crippen LogP contribution in [0.1, 0.15) is 19.3 Å². The van der Waals surface area contributed by atoms with Gasteiger partial charge in [0, 0.05) is 5.75 Å². The van der Waals surface area contributed by atoms with Crippen LogP contribution >= 0.6 is 11.8 Å². The summed E-state index contributed by atoms with van der Waals surface area (Å²) in [6, 6.07) is 0. The highest BCUT2D eigenvalue weighted by Gasteiger charge is 2.28. The average Bonchev–Trinajstić information content (AvgIpc) is 2.04. The fraction of sp³-hybridized carbons (Fsp3) is 1.00. The van der Waals surface area contributed by atoms with Gasteiger partial charge in [0.1, 0.15) is 0 Å². The molecule has 1 heterocycles. The van der Waals surface area contributed by atoms with Gasteiger partial charge in [0.25, 0.3) is 0 Å². The lowest BCUT2D eigenvalue weighted by Crippen LogP contribution is -2.30. The Morgan fingerprint density at radius 1 is 1.38 bits per heavy atom. The molecule has 0 amide bonds. The van der Waals surface area contributed by atoms with Crippen molar-refractivity contribution in [2.24, 2.45) is 5.92 Å². The maximum absolute atomic E-state index is 11.8. The van der Waals surface area contributed by atoms with Gasteiger partial charge in [0.05, 0.1) is 0 Å². The summed E-state index contributed by atoms with van der Waals surface area (Å²) >= 11 is 0.0994. The lowest BCUT2D eigenvalue weighted by atomic mass is 9.97. The SMILES string of the molecule is FC(F)(F)SCCC1CCCNC1. The average molecular weight is 213 g/mol. The van der Waals surface area contributed by atoms with Crippen LogP contribution < -0.4 is 5.32 Å². The molecule has 0 aromatic rings. The first-order chi connectivity index (χ1) is 6.08. The summed E-state index contributed by atoms with van der Waals surface area (Å²) in [4.78, 5) is 0. The van der Waals surface area contributed by atoms with Crippen molar-refractivity contribution < 1.29 is 13.2 Å². The molecule has 78 valence electrons. The van der Waals surface area contributed by atoms with E-state index in [1.54, 1.807) is 0 Å². The Bertz CT molecular complexity index is 143. The van der Waals surface area contributed by atoms with Crippen LogP contribution in [0.3, 0.4) is 0 Å². The summed E-state index contributed by atoms with van der Waals surface area (Å²) in [5.74, 6) is 0.652. The predicted molar refractivity (Wildman–Crippen MR) is 48.7 cm³/mol. The first kappa shape index (κ1) is 11.2. The molecule has 1 aliphatic heterocycles. The Morgan fingerprint density at radius 2 is 2.15 bits per heavy atom. The van der Waals surface area contributed by atoms with E-state index in [0.29, 0.717) is 12.3 Å². The number of halogens is 3. The molecule has 1 aliphatic rings. The first-order valence-corrected chi connectivity index (χ1v) is 5.48. The Hall–Kier alpha value is 0.1000. The second kappa shape index (κ2) is 5.10. The first-order valence-electron chi connectivity index (χ1n) is 4.49. The topological polar surface area (TPSA) is 12.0 Å². The summed E-state index contributed by atoms with van der Waals surface area (Å²) < 4.78 is 35.3. The van der Waals surface area contributed by atoms with Crippen LogP contribution in [0.4, 0.5) is 13.2 Å². The van der Waals surface area contributed by atoms with Gasteiger partial charge < -0.3 is 5.32 Å². The van der Waals surface area contributed by atoms with Gasteiger partial charge in [0.2, 0.25) is 0 Å². The van der Waals surface area contributed by atoms with Crippen LogP contribution in [-0.4, -0.2) is 24.4 Å². The highest BCUT2D eigenvalue weighted by Crippen LogP contribution is 2.31. The van der Waals surface area contributed by atoms with Crippen LogP contribution in [0.5, 0.6) is 0 Å². The van der Waals surface area contributed by atoms with Gasteiger partial charge in [-0.05, 0) is 38.3 Å². The fourth-order valence-corrected chi connectivity index (χ4v) is 2.19. The number of piperidine rings is 1. The van der Waals surface area contributed by atoms with E-state index in [1.807, 2.05) is 0 Å². The summed E-state index contributed by atoms with van der Waals surface area (Å²) in [6.07, 6.45) is 2.85. The second-order valence-corrected chi connectivity index (χ2v) is 4.46. The molecule has 0 aromatic heterocycles. The standard InChI is InChI=1S/C8H14F3NS/c9-8(10,11)13-5-3-7-2-1-4-12-6-7/h7,12H,1-6H2. The minimum Gasteiger partial charge on any atom is -0.316 e. The van der Waals surface area contributed by atoms with Gasteiger partial charge in [-0.3, -0.25) is 0 Å². The van der Waals surface area contributed by atoms with E-state index < -0.39 is 5.51 Å². The monoisotopic (exact) mass is 213 g/mol. The van der Waals surface area contributed by atoms with E-state index in [4.69, 9.17) is 0 Å². The Balaban J connectivity index is 2.04. The molecule has 1 N–H and O–H groups in total. The number of alkyl halides is 3. The predicted octanol–water partition coefficient (Wildman–Crippen LogP) is 2.63. The number of nitrogens with one attached hydrogen (secondary N) is 1. The quantitative estimate of drug-likeness (QED) is 0.773. The molecule has 1 atom stereocenters. The molecule has 0 spiro atoms. The van der Waals surface area contributed by atoms with E-state index in [2.05, 4.69) is 5.32 Å². The fourth-order valence-electron chi connectivity index (χ4n) is 1.51. The highest BCUT2D eigenvalue weighted by molar-refractivity contribution is 8.00. The van der Waals surface area contributed by atoms with Crippen molar-refractivity contribution in [1.29, 1.82) is 0 Å². The Morgan fingerprint density at radius 3 is 2.69 bits per heavy atom. The van der Waals surface area contributed by atoms with Crippen molar-refractivity contribution in [2.75, 3.05) is 18.8 Å². The van der Waals surface area contributed by atoms with E-state index >= 15 is 0 Å². The van der Waals surface area contributed by atoms with Crippen LogP contribution in [0.15, 0.2) is 0 Å². The van der Waals surface area contributed by atoms with Gasteiger partial charge in [-0.25, -0.2) is 0 Å². The third kappa shape index (κ3) is 5.41. The molecule has 1 fully saturated rings. The molecule has 13 heavy (non-hydrogen) atoms. The van der Waals surface area contributed by atoms with Gasteiger partial charge >= 0.3 is 5.51 Å². The zero-order chi connectivity index (χ0) is 9.73. The summed E-state index contributed by atoms with van der Waals surface area (Å²) in [7, 11) is 0. The van der Waals surface area contributed by atoms with Gasteiger partial charge in [-0.2, -0.15) is 13.2 Å². The lowest BCUT2D eigenvalue weighted by Gasteiger charge is -2.22. The summed E-state index contributed by atoms with van der Waals surface area (Å²) in [5.41, 5.74) is -4.05. The van der Waals surface area contributed by atoms with Crippen LogP contribution in [0.25, 0.3) is 0 Å². The second-order valence-electron chi connectivity index (χ2n) is 3.30. The normalized spacial score (nSPS) is 24.7. The van der Waals surface area contributed by atoms with E-state index in [-0.39, 0.29) is 17.5 Å². The lowest BCUT2D eigenvalue weighted by molar-refractivity contribution is -0.0328. The van der Waals surface area contributed by atoms with Crippen molar-refractivity contribution in [2.45, 2.75) is 24.8 Å². The van der Waals surface area contributed by atoms with Crippen LogP contribution in [0.2, 0.25) is 0 Å². The molecule has 1 saturated heterocycles. The smallest absolute Gasteiger partial charge is 0.316 e. The number of rotatable bonds is 3. The van der Waals surface area contributed by atoms with E-state index in [0.717, 1.165) is 25.9 Å². The van der Waals surface area contributed by atoms with E-state index in [1.165, 1.54) is 0 Å². The van der Waals surface area contributed by atoms with Crippen LogP contribution in [-0.2, 0) is 0 Å². The molecule has 0 saturated carbocycles. The van der Waals surface area contributed by atoms with Gasteiger partial charge in [-0.1, -0.05) is 11.8 Å². The number of hydrogen-bond acceptors (Lipinski definition) is 2. The zero-order valence-electron chi connectivity index (χ0n) is 7.36. The third-order valence-electron chi connectivity index (χ3n) is 2.19. The zero-order valence-corrected chi connectivity index (χ0v) is 8.18. The highest BCUT2D eigenvalue weighted by atomic mass is 32.2. The van der Waals surface area contributed by atoms with Crippen molar-refractivity contribution in [3.05, 3.63) is 0 Å². The number of thioether (sulfide) groups is 1. The molecular formula is C8H14F3NS. The third-order valence-corrected chi connectivity index (χ3v) is 2.96. The Kier molecular flexibility index (Phi) is 4.38. The molecule has 0 aromatic carbocycles. The minimum absolute atomic E-state index is 0.0994. The maximum Gasteiger partial charge on any atom is 0.441 e. The summed E-state index contributed by atoms with van der Waals surface area (Å²) in [5, 5.41) is 3.19. The molecule has 0 radical (unpaired) electrons. The van der Waals surface area contributed by atoms with E-state index in [9.17, 15) is 13.2 Å². The molecule has 0 aliphatic carbocycles. The van der Waals surface area contributed by atoms with Gasteiger partial charge in [-0.15, -0.1) is 0 Å². The van der Waals surface area contributed by atoms with Crippen molar-refractivity contribution in [3.63, 3.8) is 0 Å². The molecule has 5 heteroatoms. The minimum atomic E-state index is -4.05.